The SMILES string of the molecule is CC(C)=CCC/C(C)=C/CC[C@]1(C)Oc2c(c(O)cc3c2CN(c2c(C)n(C)n(-c4ccccc4)c2=O)C3=O)C[C@@H]1O. The Balaban J connectivity index is 1.44. The van der Waals surface area contributed by atoms with Gasteiger partial charge in [-0.25, -0.2) is 4.68 Å². The molecule has 8 nitrogen and oxygen atoms in total. The molecule has 2 N–H and O–H groups in total. The number of fused-ring (bicyclic) bond motifs is 3. The Morgan fingerprint density at radius 1 is 1.10 bits per heavy atom. The number of hydrogen-bond acceptors (Lipinski definition) is 5. The average Bonchev–Trinajstić information content (AvgIpc) is 3.37. The molecule has 0 unspecified atom stereocenters. The molecule has 1 aromatic heterocycles. The van der Waals surface area contributed by atoms with Crippen LogP contribution in [-0.4, -0.2) is 37.2 Å². The zero-order valence-electron chi connectivity index (χ0n) is 25.4. The van der Waals surface area contributed by atoms with E-state index in [0.29, 0.717) is 45.9 Å². The zero-order valence-corrected chi connectivity index (χ0v) is 25.4. The van der Waals surface area contributed by atoms with Crippen molar-refractivity contribution in [1.82, 2.24) is 9.36 Å². The molecule has 42 heavy (non-hydrogen) atoms. The fraction of sp³-hybridized carbons (Fsp3) is 0.412. The summed E-state index contributed by atoms with van der Waals surface area (Å²) in [4.78, 5) is 28.9. The number of aromatic nitrogens is 2. The first-order chi connectivity index (χ1) is 19.9. The molecule has 0 radical (unpaired) electrons. The van der Waals surface area contributed by atoms with Gasteiger partial charge >= 0.3 is 0 Å². The topological polar surface area (TPSA) is 96.9 Å². The Morgan fingerprint density at radius 2 is 1.81 bits per heavy atom. The Morgan fingerprint density at radius 3 is 2.50 bits per heavy atom. The molecule has 2 aliphatic heterocycles. The summed E-state index contributed by atoms with van der Waals surface area (Å²) in [6.07, 6.45) is 7.12. The maximum Gasteiger partial charge on any atom is 0.295 e. The molecule has 5 rings (SSSR count). The van der Waals surface area contributed by atoms with Gasteiger partial charge in [0, 0.05) is 24.6 Å². The summed E-state index contributed by atoms with van der Waals surface area (Å²) in [6, 6.07) is 10.7. The predicted octanol–water partition coefficient (Wildman–Crippen LogP) is 5.88. The van der Waals surface area contributed by atoms with E-state index >= 15 is 0 Å². The van der Waals surface area contributed by atoms with E-state index in [2.05, 4.69) is 32.9 Å². The van der Waals surface area contributed by atoms with Gasteiger partial charge in [-0.1, -0.05) is 41.5 Å². The van der Waals surface area contributed by atoms with Gasteiger partial charge in [0.05, 0.1) is 29.6 Å². The monoisotopic (exact) mass is 571 g/mol. The number of para-hydroxylation sites is 1. The number of allylic oxidation sites excluding steroid dienone is 4. The van der Waals surface area contributed by atoms with Gasteiger partial charge < -0.3 is 14.9 Å². The Hall–Kier alpha value is -4.04. The lowest BCUT2D eigenvalue weighted by atomic mass is 9.84. The third-order valence-electron chi connectivity index (χ3n) is 8.71. The van der Waals surface area contributed by atoms with Crippen molar-refractivity contribution in [3.63, 3.8) is 0 Å². The van der Waals surface area contributed by atoms with Crippen molar-refractivity contribution in [2.24, 2.45) is 7.05 Å². The third kappa shape index (κ3) is 5.20. The lowest BCUT2D eigenvalue weighted by Crippen LogP contribution is -2.49. The molecule has 2 aliphatic rings. The maximum absolute atomic E-state index is 13.7. The van der Waals surface area contributed by atoms with E-state index in [1.54, 1.807) is 16.4 Å². The third-order valence-corrected chi connectivity index (χ3v) is 8.71. The molecule has 0 bridgehead atoms. The molecular formula is C34H41N3O5. The van der Waals surface area contributed by atoms with Crippen molar-refractivity contribution in [3.8, 4) is 17.2 Å². The first-order valence-corrected chi connectivity index (χ1v) is 14.6. The minimum absolute atomic E-state index is 0.0819. The van der Waals surface area contributed by atoms with E-state index in [1.807, 2.05) is 44.2 Å². The van der Waals surface area contributed by atoms with Crippen molar-refractivity contribution in [2.45, 2.75) is 85.0 Å². The second kappa shape index (κ2) is 11.3. The summed E-state index contributed by atoms with van der Waals surface area (Å²) in [5, 5.41) is 22.0. The highest BCUT2D eigenvalue weighted by atomic mass is 16.5. The summed E-state index contributed by atoms with van der Waals surface area (Å²) in [7, 11) is 1.79. The molecule has 222 valence electrons. The van der Waals surface area contributed by atoms with Crippen LogP contribution in [-0.2, 0) is 20.0 Å². The summed E-state index contributed by atoms with van der Waals surface area (Å²) in [5.41, 5.74) is 4.49. The van der Waals surface area contributed by atoms with E-state index in [9.17, 15) is 19.8 Å². The van der Waals surface area contributed by atoms with Gasteiger partial charge in [0.25, 0.3) is 11.5 Å². The molecule has 0 fully saturated rings. The van der Waals surface area contributed by atoms with Crippen molar-refractivity contribution < 1.29 is 19.7 Å². The number of hydrogen-bond donors (Lipinski definition) is 2. The summed E-state index contributed by atoms with van der Waals surface area (Å²) < 4.78 is 9.82. The van der Waals surface area contributed by atoms with E-state index < -0.39 is 11.7 Å². The molecule has 3 aromatic rings. The number of nitrogens with zero attached hydrogens (tertiary/aromatic N) is 3. The minimum Gasteiger partial charge on any atom is -0.508 e. The van der Waals surface area contributed by atoms with Crippen molar-refractivity contribution in [1.29, 1.82) is 0 Å². The highest BCUT2D eigenvalue weighted by Gasteiger charge is 2.45. The molecule has 2 aromatic carbocycles. The highest BCUT2D eigenvalue weighted by molar-refractivity contribution is 6.11. The highest BCUT2D eigenvalue weighted by Crippen LogP contribution is 2.47. The van der Waals surface area contributed by atoms with Crippen LogP contribution in [0.5, 0.6) is 11.5 Å². The second-order valence-electron chi connectivity index (χ2n) is 12.1. The Labute approximate surface area is 247 Å². The number of phenolic OH excluding ortho intramolecular Hbond substituents is 1. The second-order valence-corrected chi connectivity index (χ2v) is 12.1. The average molecular weight is 572 g/mol. The number of anilines is 1. The molecule has 0 aliphatic carbocycles. The number of aliphatic hydroxyl groups excluding tert-OH is 1. The number of benzene rings is 2. The zero-order chi connectivity index (χ0) is 30.3. The number of ether oxygens (including phenoxy) is 1. The van der Waals surface area contributed by atoms with Gasteiger partial charge in [-0.2, -0.15) is 0 Å². The molecule has 8 heteroatoms. The smallest absolute Gasteiger partial charge is 0.295 e. The van der Waals surface area contributed by atoms with Crippen LogP contribution in [0.25, 0.3) is 5.69 Å². The largest absolute Gasteiger partial charge is 0.508 e. The molecule has 3 heterocycles. The molecule has 0 spiro atoms. The van der Waals surface area contributed by atoms with E-state index in [-0.39, 0.29) is 30.2 Å². The summed E-state index contributed by atoms with van der Waals surface area (Å²) in [5.74, 6) is -0.00289. The van der Waals surface area contributed by atoms with Gasteiger partial charge in [0.2, 0.25) is 0 Å². The lowest BCUT2D eigenvalue weighted by molar-refractivity contribution is -0.0597. The first-order valence-electron chi connectivity index (χ1n) is 14.6. The number of carbonyl (C=O) groups excluding carboxylic acids is 1. The Kier molecular flexibility index (Phi) is 7.94. The van der Waals surface area contributed by atoms with Gasteiger partial charge in [-0.3, -0.25) is 19.2 Å². The number of amides is 1. The van der Waals surface area contributed by atoms with Crippen LogP contribution >= 0.6 is 0 Å². The summed E-state index contributed by atoms with van der Waals surface area (Å²) >= 11 is 0. The standard InChI is InChI=1S/C34H41N3O5/c1-21(2)12-10-13-22(3)14-11-17-34(5)29(39)19-26-28(38)18-25-27(31(26)42-34)20-36(32(25)40)30-23(4)35(6)37(33(30)41)24-15-8-7-9-16-24/h7-9,12,14-16,18,29,38-39H,10-11,13,17,19-20H2,1-6H3/b22-14+/t29-,34-/m0/s1. The normalized spacial score (nSPS) is 19.9. The molecule has 0 saturated carbocycles. The van der Waals surface area contributed by atoms with Gasteiger partial charge in [-0.05, 0) is 78.5 Å². The number of carbonyl (C=O) groups is 1. The van der Waals surface area contributed by atoms with Crippen LogP contribution in [0.2, 0.25) is 0 Å². The molecule has 0 saturated heterocycles. The van der Waals surface area contributed by atoms with Crippen molar-refractivity contribution in [2.75, 3.05) is 4.90 Å². The van der Waals surface area contributed by atoms with Crippen LogP contribution in [0, 0.1) is 6.92 Å². The van der Waals surface area contributed by atoms with Crippen LogP contribution in [0.4, 0.5) is 5.69 Å². The van der Waals surface area contributed by atoms with E-state index in [0.717, 1.165) is 19.3 Å². The lowest BCUT2D eigenvalue weighted by Gasteiger charge is -2.40. The van der Waals surface area contributed by atoms with Gasteiger partial charge in [0.15, 0.2) is 0 Å². The first kappa shape index (κ1) is 29.5. The van der Waals surface area contributed by atoms with Gasteiger partial charge in [0.1, 0.15) is 22.8 Å². The van der Waals surface area contributed by atoms with Crippen LogP contribution in [0.1, 0.15) is 80.6 Å². The quantitative estimate of drug-likeness (QED) is 0.329. The van der Waals surface area contributed by atoms with Crippen LogP contribution < -0.4 is 15.2 Å². The fourth-order valence-electron chi connectivity index (χ4n) is 6.04. The molecular weight excluding hydrogens is 530 g/mol. The van der Waals surface area contributed by atoms with Crippen molar-refractivity contribution in [3.05, 3.63) is 92.4 Å². The minimum atomic E-state index is -0.898. The van der Waals surface area contributed by atoms with E-state index in [4.69, 9.17) is 4.74 Å². The molecule has 2 atom stereocenters. The number of aliphatic hydroxyl groups is 1. The number of phenols is 1. The van der Waals surface area contributed by atoms with Crippen molar-refractivity contribution >= 4 is 11.6 Å². The number of aromatic hydroxyl groups is 1. The number of rotatable bonds is 8. The van der Waals surface area contributed by atoms with Crippen LogP contribution in [0.3, 0.4) is 0 Å². The van der Waals surface area contributed by atoms with E-state index in [1.165, 1.54) is 22.1 Å². The van der Waals surface area contributed by atoms with Gasteiger partial charge in [-0.15, -0.1) is 0 Å². The fourth-order valence-corrected chi connectivity index (χ4v) is 6.04. The maximum atomic E-state index is 13.7. The Bertz CT molecular complexity index is 1640. The predicted molar refractivity (Wildman–Crippen MR) is 165 cm³/mol. The molecule has 1 amide bonds. The van der Waals surface area contributed by atoms with Crippen LogP contribution in [0.15, 0.2) is 64.5 Å². The summed E-state index contributed by atoms with van der Waals surface area (Å²) in [6.45, 7) is 10.2.